The van der Waals surface area contributed by atoms with Gasteiger partial charge in [0.15, 0.2) is 0 Å². The summed E-state index contributed by atoms with van der Waals surface area (Å²) in [5.41, 5.74) is 2.72. The van der Waals surface area contributed by atoms with Crippen molar-refractivity contribution in [3.05, 3.63) is 35.4 Å². The van der Waals surface area contributed by atoms with Crippen LogP contribution in [0.25, 0.3) is 0 Å². The van der Waals surface area contributed by atoms with E-state index in [-0.39, 0.29) is 0 Å². The lowest BCUT2D eigenvalue weighted by Gasteiger charge is -2.17. The van der Waals surface area contributed by atoms with Gasteiger partial charge in [-0.25, -0.2) is 0 Å². The first kappa shape index (κ1) is 19.1. The molecule has 0 bridgehead atoms. The average Bonchev–Trinajstić information content (AvgIpc) is 2.48. The lowest BCUT2D eigenvalue weighted by Crippen LogP contribution is -2.36. The third-order valence-electron chi connectivity index (χ3n) is 3.00. The van der Waals surface area contributed by atoms with E-state index in [9.17, 15) is 5.11 Å². The Labute approximate surface area is 124 Å². The smallest absolute Gasteiger partial charge is 0.0897 e. The number of benzene rings is 1. The Hall–Kier alpha value is -0.900. The maximum atomic E-state index is 9.56. The van der Waals surface area contributed by atoms with Crippen molar-refractivity contribution in [1.82, 2.24) is 5.32 Å². The van der Waals surface area contributed by atoms with Crippen molar-refractivity contribution in [2.45, 2.75) is 52.7 Å². The summed E-state index contributed by atoms with van der Waals surface area (Å²) in [5, 5.41) is 12.9. The summed E-state index contributed by atoms with van der Waals surface area (Å²) >= 11 is 0. The molecule has 1 rings (SSSR count). The van der Waals surface area contributed by atoms with Crippen molar-refractivity contribution in [1.29, 1.82) is 0 Å². The molecule has 2 atom stereocenters. The van der Waals surface area contributed by atoms with Gasteiger partial charge in [-0.3, -0.25) is 0 Å². The average molecular weight is 281 g/mol. The molecular weight excluding hydrogens is 250 g/mol. The molecule has 3 heteroatoms. The molecule has 0 aliphatic rings. The molecule has 0 saturated carbocycles. The number of rotatable bonds is 8. The minimum Gasteiger partial charge on any atom is -0.389 e. The Morgan fingerprint density at radius 3 is 2.50 bits per heavy atom. The van der Waals surface area contributed by atoms with E-state index in [1.165, 1.54) is 11.1 Å². The number of aliphatic hydroxyl groups excluding tert-OH is 1. The van der Waals surface area contributed by atoms with Crippen LogP contribution < -0.4 is 5.32 Å². The number of ether oxygens (including phenoxy) is 1. The molecule has 3 nitrogen and oxygen atoms in total. The van der Waals surface area contributed by atoms with Crippen molar-refractivity contribution >= 4 is 0 Å². The lowest BCUT2D eigenvalue weighted by molar-refractivity contribution is 0.0631. The second kappa shape index (κ2) is 11.9. The molecule has 0 heterocycles. The van der Waals surface area contributed by atoms with E-state index in [1.807, 2.05) is 13.8 Å². The third kappa shape index (κ3) is 8.31. The van der Waals surface area contributed by atoms with Gasteiger partial charge in [-0.05, 0) is 30.9 Å². The van der Waals surface area contributed by atoms with Crippen LogP contribution in [-0.4, -0.2) is 37.5 Å². The van der Waals surface area contributed by atoms with Crippen LogP contribution in [0.15, 0.2) is 24.3 Å². The molecule has 20 heavy (non-hydrogen) atoms. The first-order valence-electron chi connectivity index (χ1n) is 7.64. The van der Waals surface area contributed by atoms with Crippen LogP contribution in [-0.2, 0) is 17.6 Å². The maximum absolute atomic E-state index is 9.56. The molecule has 0 aliphatic carbocycles. The Bertz CT molecular complexity index is 342. The minimum absolute atomic E-state index is 0.351. The summed E-state index contributed by atoms with van der Waals surface area (Å²) in [4.78, 5) is 0. The van der Waals surface area contributed by atoms with Gasteiger partial charge in [0.05, 0.1) is 12.7 Å². The minimum atomic E-state index is -0.431. The SMILES string of the molecule is CC.CCc1cccc(CC(C)NCC(O)COC)c1. The quantitative estimate of drug-likeness (QED) is 0.770. The highest BCUT2D eigenvalue weighted by atomic mass is 16.5. The zero-order valence-corrected chi connectivity index (χ0v) is 13.6. The van der Waals surface area contributed by atoms with E-state index >= 15 is 0 Å². The van der Waals surface area contributed by atoms with Gasteiger partial charge in [0.2, 0.25) is 0 Å². The normalized spacial score (nSPS) is 13.3. The van der Waals surface area contributed by atoms with Gasteiger partial charge in [0.1, 0.15) is 0 Å². The van der Waals surface area contributed by atoms with Crippen LogP contribution in [0.4, 0.5) is 0 Å². The van der Waals surface area contributed by atoms with Gasteiger partial charge in [-0.2, -0.15) is 0 Å². The highest BCUT2D eigenvalue weighted by Crippen LogP contribution is 2.08. The van der Waals surface area contributed by atoms with Gasteiger partial charge in [0, 0.05) is 19.7 Å². The molecule has 0 radical (unpaired) electrons. The molecule has 1 aromatic carbocycles. The molecule has 116 valence electrons. The Kier molecular flexibility index (Phi) is 11.4. The van der Waals surface area contributed by atoms with Crippen LogP contribution >= 0.6 is 0 Å². The summed E-state index contributed by atoms with van der Waals surface area (Å²) in [6, 6.07) is 9.03. The fourth-order valence-electron chi connectivity index (χ4n) is 1.99. The van der Waals surface area contributed by atoms with Crippen molar-refractivity contribution in [2.75, 3.05) is 20.3 Å². The predicted octanol–water partition coefficient (Wildman–Crippen LogP) is 2.80. The molecule has 2 N–H and O–H groups in total. The number of aryl methyl sites for hydroxylation is 1. The Morgan fingerprint density at radius 2 is 1.90 bits per heavy atom. The fourth-order valence-corrected chi connectivity index (χ4v) is 1.99. The van der Waals surface area contributed by atoms with E-state index in [0.29, 0.717) is 19.2 Å². The van der Waals surface area contributed by atoms with E-state index in [1.54, 1.807) is 7.11 Å². The predicted molar refractivity (Wildman–Crippen MR) is 86.2 cm³/mol. The molecule has 0 spiro atoms. The maximum Gasteiger partial charge on any atom is 0.0897 e. The molecule has 0 saturated heterocycles. The standard InChI is InChI=1S/C15H25NO2.C2H6/c1-4-13-6-5-7-14(9-13)8-12(2)16-10-15(17)11-18-3;1-2/h5-7,9,12,15-17H,4,8,10-11H2,1-3H3;1-2H3. The Morgan fingerprint density at radius 1 is 1.25 bits per heavy atom. The van der Waals surface area contributed by atoms with Crippen LogP contribution in [0.1, 0.15) is 38.8 Å². The van der Waals surface area contributed by atoms with E-state index in [4.69, 9.17) is 4.74 Å². The number of methoxy groups -OCH3 is 1. The zero-order valence-electron chi connectivity index (χ0n) is 13.6. The zero-order chi connectivity index (χ0) is 15.4. The number of aliphatic hydroxyl groups is 1. The molecule has 1 aromatic rings. The summed E-state index contributed by atoms with van der Waals surface area (Å²) < 4.78 is 4.89. The van der Waals surface area contributed by atoms with Gasteiger partial charge < -0.3 is 15.2 Å². The molecule has 0 amide bonds. The summed E-state index contributed by atoms with van der Waals surface area (Å²) in [6.07, 6.45) is 1.62. The molecule has 0 aromatic heterocycles. The van der Waals surface area contributed by atoms with Gasteiger partial charge in [0.25, 0.3) is 0 Å². The molecular formula is C17H31NO2. The van der Waals surface area contributed by atoms with E-state index in [2.05, 4.69) is 43.4 Å². The third-order valence-corrected chi connectivity index (χ3v) is 3.00. The monoisotopic (exact) mass is 281 g/mol. The largest absolute Gasteiger partial charge is 0.389 e. The second-order valence-corrected chi connectivity index (χ2v) is 4.80. The number of nitrogens with one attached hydrogen (secondary N) is 1. The van der Waals surface area contributed by atoms with E-state index < -0.39 is 6.10 Å². The van der Waals surface area contributed by atoms with Crippen LogP contribution in [0.2, 0.25) is 0 Å². The fraction of sp³-hybridized carbons (Fsp3) is 0.647. The summed E-state index contributed by atoms with van der Waals surface area (Å²) in [6.45, 7) is 9.26. The van der Waals surface area contributed by atoms with Crippen LogP contribution in [0, 0.1) is 0 Å². The number of hydrogen-bond donors (Lipinski definition) is 2. The van der Waals surface area contributed by atoms with Gasteiger partial charge in [-0.15, -0.1) is 0 Å². The van der Waals surface area contributed by atoms with Crippen molar-refractivity contribution in [2.24, 2.45) is 0 Å². The van der Waals surface area contributed by atoms with Crippen LogP contribution in [0.3, 0.4) is 0 Å². The van der Waals surface area contributed by atoms with Crippen molar-refractivity contribution in [3.8, 4) is 0 Å². The second-order valence-electron chi connectivity index (χ2n) is 4.80. The van der Waals surface area contributed by atoms with E-state index in [0.717, 1.165) is 12.8 Å². The number of hydrogen-bond acceptors (Lipinski definition) is 3. The van der Waals surface area contributed by atoms with Gasteiger partial charge >= 0.3 is 0 Å². The summed E-state index contributed by atoms with van der Waals surface area (Å²) in [7, 11) is 1.60. The van der Waals surface area contributed by atoms with Crippen molar-refractivity contribution in [3.63, 3.8) is 0 Å². The van der Waals surface area contributed by atoms with Gasteiger partial charge in [-0.1, -0.05) is 45.0 Å². The lowest BCUT2D eigenvalue weighted by atomic mass is 10.0. The molecule has 0 aliphatic heterocycles. The molecule has 2 unspecified atom stereocenters. The highest BCUT2D eigenvalue weighted by Gasteiger charge is 2.07. The molecule has 0 fully saturated rings. The Balaban J connectivity index is 0.00000172. The first-order valence-corrected chi connectivity index (χ1v) is 7.64. The van der Waals surface area contributed by atoms with Crippen molar-refractivity contribution < 1.29 is 9.84 Å². The highest BCUT2D eigenvalue weighted by molar-refractivity contribution is 5.24. The topological polar surface area (TPSA) is 41.5 Å². The van der Waals surface area contributed by atoms with Crippen LogP contribution in [0.5, 0.6) is 0 Å². The first-order chi connectivity index (χ1) is 9.65. The summed E-state index contributed by atoms with van der Waals surface area (Å²) in [5.74, 6) is 0.